The van der Waals surface area contributed by atoms with Gasteiger partial charge in [0.2, 0.25) is 0 Å². The fourth-order valence-electron chi connectivity index (χ4n) is 2.45. The van der Waals surface area contributed by atoms with Crippen molar-refractivity contribution in [3.05, 3.63) is 59.2 Å². The molecule has 4 nitrogen and oxygen atoms in total. The monoisotopic (exact) mass is 329 g/mol. The maximum atomic E-state index is 5.70. The Labute approximate surface area is 144 Å². The molecule has 0 heterocycles. The molecule has 130 valence electrons. The van der Waals surface area contributed by atoms with Crippen molar-refractivity contribution < 1.29 is 14.2 Å². The Hall–Kier alpha value is -2.04. The molecule has 0 aliphatic carbocycles. The number of aryl methyl sites for hydroxylation is 1. The standard InChI is InChI=1S/C20H27NO3/c1-4-23-11-12-24-19-10-9-17(13-20(19)22-3)14-21-15-18-8-6-5-7-16(18)2/h5-10,13,21H,4,11-12,14-15H2,1-3H3. The first-order chi connectivity index (χ1) is 11.7. The van der Waals surface area contributed by atoms with E-state index in [9.17, 15) is 0 Å². The van der Waals surface area contributed by atoms with Crippen molar-refractivity contribution in [3.63, 3.8) is 0 Å². The van der Waals surface area contributed by atoms with Crippen LogP contribution in [0.15, 0.2) is 42.5 Å². The SMILES string of the molecule is CCOCCOc1ccc(CNCc2ccccc2C)cc1OC. The van der Waals surface area contributed by atoms with Gasteiger partial charge in [0.05, 0.1) is 13.7 Å². The van der Waals surface area contributed by atoms with Gasteiger partial charge in [-0.15, -0.1) is 0 Å². The number of benzene rings is 2. The van der Waals surface area contributed by atoms with E-state index >= 15 is 0 Å². The lowest BCUT2D eigenvalue weighted by Gasteiger charge is -2.13. The molecule has 0 aliphatic rings. The Balaban J connectivity index is 1.88. The highest BCUT2D eigenvalue weighted by molar-refractivity contribution is 5.43. The first-order valence-corrected chi connectivity index (χ1v) is 8.37. The van der Waals surface area contributed by atoms with Gasteiger partial charge in [0.1, 0.15) is 6.61 Å². The summed E-state index contributed by atoms with van der Waals surface area (Å²) in [5, 5.41) is 3.47. The fraction of sp³-hybridized carbons (Fsp3) is 0.400. The Bertz CT molecular complexity index is 628. The summed E-state index contributed by atoms with van der Waals surface area (Å²) < 4.78 is 16.4. The maximum Gasteiger partial charge on any atom is 0.161 e. The number of rotatable bonds is 10. The molecular weight excluding hydrogens is 302 g/mol. The molecule has 0 bridgehead atoms. The van der Waals surface area contributed by atoms with E-state index in [1.165, 1.54) is 11.1 Å². The van der Waals surface area contributed by atoms with Crippen LogP contribution in [-0.4, -0.2) is 26.9 Å². The molecule has 4 heteroatoms. The molecule has 0 aliphatic heterocycles. The summed E-state index contributed by atoms with van der Waals surface area (Å²) in [4.78, 5) is 0. The second-order valence-corrected chi connectivity index (χ2v) is 5.56. The van der Waals surface area contributed by atoms with Crippen molar-refractivity contribution >= 4 is 0 Å². The van der Waals surface area contributed by atoms with E-state index in [1.807, 2.05) is 19.1 Å². The molecule has 0 amide bonds. The highest BCUT2D eigenvalue weighted by Gasteiger charge is 2.06. The summed E-state index contributed by atoms with van der Waals surface area (Å²) in [6.07, 6.45) is 0. The molecule has 24 heavy (non-hydrogen) atoms. The highest BCUT2D eigenvalue weighted by atomic mass is 16.5. The van der Waals surface area contributed by atoms with Crippen LogP contribution in [-0.2, 0) is 17.8 Å². The molecule has 0 saturated heterocycles. The van der Waals surface area contributed by atoms with E-state index < -0.39 is 0 Å². The van der Waals surface area contributed by atoms with E-state index in [1.54, 1.807) is 7.11 Å². The third-order valence-corrected chi connectivity index (χ3v) is 3.82. The summed E-state index contributed by atoms with van der Waals surface area (Å²) in [5.74, 6) is 1.50. The minimum absolute atomic E-state index is 0.523. The number of hydrogen-bond donors (Lipinski definition) is 1. The van der Waals surface area contributed by atoms with Gasteiger partial charge in [0, 0.05) is 19.7 Å². The zero-order chi connectivity index (χ0) is 17.2. The van der Waals surface area contributed by atoms with Gasteiger partial charge in [-0.3, -0.25) is 0 Å². The van der Waals surface area contributed by atoms with E-state index in [2.05, 4.69) is 42.6 Å². The van der Waals surface area contributed by atoms with Crippen LogP contribution < -0.4 is 14.8 Å². The van der Waals surface area contributed by atoms with Gasteiger partial charge in [0.15, 0.2) is 11.5 Å². The molecule has 0 saturated carbocycles. The van der Waals surface area contributed by atoms with Crippen molar-refractivity contribution in [2.24, 2.45) is 0 Å². The molecule has 0 atom stereocenters. The molecular formula is C20H27NO3. The summed E-state index contributed by atoms with van der Waals surface area (Å²) in [6, 6.07) is 14.4. The average molecular weight is 329 g/mol. The van der Waals surface area contributed by atoms with Crippen LogP contribution in [0.3, 0.4) is 0 Å². The average Bonchev–Trinajstić information content (AvgIpc) is 2.61. The Morgan fingerprint density at radius 1 is 0.958 bits per heavy atom. The van der Waals surface area contributed by atoms with Crippen LogP contribution in [0.25, 0.3) is 0 Å². The molecule has 2 aromatic carbocycles. The summed E-state index contributed by atoms with van der Waals surface area (Å²) in [6.45, 7) is 7.54. The van der Waals surface area contributed by atoms with Gasteiger partial charge in [0.25, 0.3) is 0 Å². The zero-order valence-electron chi connectivity index (χ0n) is 14.8. The highest BCUT2D eigenvalue weighted by Crippen LogP contribution is 2.28. The van der Waals surface area contributed by atoms with Crippen LogP contribution in [0, 0.1) is 6.92 Å². The predicted molar refractivity (Wildman–Crippen MR) is 96.7 cm³/mol. The summed E-state index contributed by atoms with van der Waals surface area (Å²) >= 11 is 0. The Morgan fingerprint density at radius 3 is 2.54 bits per heavy atom. The van der Waals surface area contributed by atoms with Crippen LogP contribution in [0.5, 0.6) is 11.5 Å². The van der Waals surface area contributed by atoms with E-state index in [0.29, 0.717) is 19.8 Å². The van der Waals surface area contributed by atoms with Crippen LogP contribution in [0.2, 0.25) is 0 Å². The van der Waals surface area contributed by atoms with Gasteiger partial charge in [-0.05, 0) is 42.7 Å². The van der Waals surface area contributed by atoms with Gasteiger partial charge < -0.3 is 19.5 Å². The molecule has 0 fully saturated rings. The molecule has 2 rings (SSSR count). The largest absolute Gasteiger partial charge is 0.493 e. The Morgan fingerprint density at radius 2 is 1.79 bits per heavy atom. The molecule has 0 spiro atoms. The first-order valence-electron chi connectivity index (χ1n) is 8.37. The third-order valence-electron chi connectivity index (χ3n) is 3.82. The normalized spacial score (nSPS) is 10.6. The van der Waals surface area contributed by atoms with E-state index in [4.69, 9.17) is 14.2 Å². The van der Waals surface area contributed by atoms with Crippen molar-refractivity contribution in [1.82, 2.24) is 5.32 Å². The molecule has 0 unspecified atom stereocenters. The third kappa shape index (κ3) is 5.55. The summed E-state index contributed by atoms with van der Waals surface area (Å²) in [5.41, 5.74) is 3.79. The van der Waals surface area contributed by atoms with E-state index in [0.717, 1.165) is 30.2 Å². The summed E-state index contributed by atoms with van der Waals surface area (Å²) in [7, 11) is 1.66. The molecule has 0 aromatic heterocycles. The fourth-order valence-corrected chi connectivity index (χ4v) is 2.45. The van der Waals surface area contributed by atoms with Gasteiger partial charge >= 0.3 is 0 Å². The first kappa shape index (κ1) is 18.3. The minimum Gasteiger partial charge on any atom is -0.493 e. The van der Waals surface area contributed by atoms with Gasteiger partial charge in [-0.2, -0.15) is 0 Å². The van der Waals surface area contributed by atoms with Crippen LogP contribution in [0.4, 0.5) is 0 Å². The Kier molecular flexibility index (Phi) is 7.59. The van der Waals surface area contributed by atoms with Gasteiger partial charge in [-0.25, -0.2) is 0 Å². The molecule has 2 aromatic rings. The van der Waals surface area contributed by atoms with E-state index in [-0.39, 0.29) is 0 Å². The topological polar surface area (TPSA) is 39.7 Å². The maximum absolute atomic E-state index is 5.70. The lowest BCUT2D eigenvalue weighted by molar-refractivity contribution is 0.109. The van der Waals surface area contributed by atoms with Crippen molar-refractivity contribution in [2.75, 3.05) is 26.9 Å². The smallest absolute Gasteiger partial charge is 0.161 e. The number of nitrogens with one attached hydrogen (secondary N) is 1. The minimum atomic E-state index is 0.523. The molecule has 0 radical (unpaired) electrons. The van der Waals surface area contributed by atoms with Crippen LogP contribution >= 0.6 is 0 Å². The lowest BCUT2D eigenvalue weighted by atomic mass is 10.1. The zero-order valence-corrected chi connectivity index (χ0v) is 14.8. The van der Waals surface area contributed by atoms with Gasteiger partial charge in [-0.1, -0.05) is 30.3 Å². The predicted octanol–water partition coefficient (Wildman–Crippen LogP) is 3.71. The number of ether oxygens (including phenoxy) is 3. The second kappa shape index (κ2) is 9.96. The van der Waals surface area contributed by atoms with Crippen molar-refractivity contribution in [3.8, 4) is 11.5 Å². The van der Waals surface area contributed by atoms with Crippen molar-refractivity contribution in [2.45, 2.75) is 26.9 Å². The van der Waals surface area contributed by atoms with Crippen LogP contribution in [0.1, 0.15) is 23.6 Å². The van der Waals surface area contributed by atoms with Crippen molar-refractivity contribution in [1.29, 1.82) is 0 Å². The molecule has 1 N–H and O–H groups in total. The second-order valence-electron chi connectivity index (χ2n) is 5.56. The number of methoxy groups -OCH3 is 1. The lowest BCUT2D eigenvalue weighted by Crippen LogP contribution is -2.13. The number of hydrogen-bond acceptors (Lipinski definition) is 4. The quantitative estimate of drug-likeness (QED) is 0.675.